The lowest BCUT2D eigenvalue weighted by atomic mass is 9.60. The molecule has 5 rings (SSSR count). The summed E-state index contributed by atoms with van der Waals surface area (Å²) in [6.07, 6.45) is 16.1. The number of aryl methyl sites for hydroxylation is 1. The molecule has 1 aromatic heterocycles. The van der Waals surface area contributed by atoms with Crippen LogP contribution in [0, 0.1) is 29.1 Å². The van der Waals surface area contributed by atoms with Gasteiger partial charge in [-0.05, 0) is 111 Å². The molecular weight excluding hydrogens is 552 g/mol. The minimum atomic E-state index is -0.655. The Labute approximate surface area is 264 Å². The van der Waals surface area contributed by atoms with E-state index in [2.05, 4.69) is 44.7 Å². The van der Waals surface area contributed by atoms with Gasteiger partial charge in [-0.25, -0.2) is 0 Å². The Kier molecular flexibility index (Phi) is 10.3. The molecule has 0 radical (unpaired) electrons. The smallest absolute Gasteiger partial charge is 0.308 e. The maximum atomic E-state index is 13.1. The highest BCUT2D eigenvalue weighted by atomic mass is 16.5. The lowest BCUT2D eigenvalue weighted by molar-refractivity contribution is -0.156. The molecule has 8 atom stereocenters. The van der Waals surface area contributed by atoms with Crippen LogP contribution in [0.3, 0.4) is 0 Å². The molecule has 1 aromatic rings. The predicted octanol–water partition coefficient (Wildman–Crippen LogP) is 7.57. The van der Waals surface area contributed by atoms with Gasteiger partial charge in [0.25, 0.3) is 0 Å². The predicted molar refractivity (Wildman–Crippen MR) is 172 cm³/mol. The zero-order chi connectivity index (χ0) is 31.6. The number of esters is 1. The summed E-state index contributed by atoms with van der Waals surface area (Å²) < 4.78 is 12.1. The van der Waals surface area contributed by atoms with E-state index < -0.39 is 12.2 Å². The van der Waals surface area contributed by atoms with E-state index in [9.17, 15) is 15.0 Å². The molecule has 7 heteroatoms. The first kappa shape index (κ1) is 33.1. The number of aliphatic hydroxyl groups excluding tert-OH is 2. The number of nitrogens with zero attached hydrogens (tertiary/aromatic N) is 2. The van der Waals surface area contributed by atoms with E-state index in [4.69, 9.17) is 14.2 Å². The van der Waals surface area contributed by atoms with E-state index >= 15 is 0 Å². The lowest BCUT2D eigenvalue weighted by Gasteiger charge is -2.44. The fourth-order valence-electron chi connectivity index (χ4n) is 8.76. The Morgan fingerprint density at radius 3 is 2.64 bits per heavy atom. The van der Waals surface area contributed by atoms with Crippen LogP contribution in [-0.2, 0) is 21.4 Å². The molecule has 244 valence electrons. The average molecular weight is 609 g/mol. The molecule has 4 fully saturated rings. The summed E-state index contributed by atoms with van der Waals surface area (Å²) in [5.74, 6) is 2.82. The van der Waals surface area contributed by atoms with Crippen molar-refractivity contribution in [2.45, 2.75) is 148 Å². The Bertz CT molecular complexity index is 1240. The molecule has 4 saturated carbocycles. The van der Waals surface area contributed by atoms with Crippen LogP contribution < -0.4 is 0 Å². The molecule has 0 amide bonds. The van der Waals surface area contributed by atoms with Crippen molar-refractivity contribution in [2.24, 2.45) is 29.1 Å². The highest BCUT2D eigenvalue weighted by Gasteiger charge is 2.58. The lowest BCUT2D eigenvalue weighted by Crippen LogP contribution is -2.37. The van der Waals surface area contributed by atoms with Gasteiger partial charge in [-0.3, -0.25) is 4.79 Å². The number of rotatable bonds is 12. The van der Waals surface area contributed by atoms with Gasteiger partial charge in [0, 0.05) is 12.8 Å². The molecular formula is C37H56N2O5. The fraction of sp³-hybridized carbons (Fsp3) is 0.757. The zero-order valence-corrected chi connectivity index (χ0v) is 27.8. The molecule has 0 saturated heterocycles. The highest BCUT2D eigenvalue weighted by Crippen LogP contribution is 2.60. The summed E-state index contributed by atoms with van der Waals surface area (Å²) in [6, 6.07) is 0. The van der Waals surface area contributed by atoms with Crippen LogP contribution in [0.5, 0.6) is 0 Å². The van der Waals surface area contributed by atoms with Gasteiger partial charge in [0.2, 0.25) is 5.89 Å². The van der Waals surface area contributed by atoms with Crippen LogP contribution in [0.4, 0.5) is 0 Å². The minimum absolute atomic E-state index is 0.116. The van der Waals surface area contributed by atoms with E-state index in [0.717, 1.165) is 68.3 Å². The Hall–Kier alpha value is -2.25. The SMILES string of the molecule is C=C1C(=CC=C2CCC[C@]3(C)[C@@H]([C@H](C)CC[C@@H](OC(=O)C(C)CC)C4(c5nc(CCC)no5)CC4)CC[C@@H]23)C[C@@H](O)C[C@@H]1O. The van der Waals surface area contributed by atoms with Crippen LogP contribution in [-0.4, -0.2) is 44.6 Å². The summed E-state index contributed by atoms with van der Waals surface area (Å²) in [7, 11) is 0. The number of aromatic nitrogens is 2. The molecule has 44 heavy (non-hydrogen) atoms. The first-order valence-corrected chi connectivity index (χ1v) is 17.5. The number of carbonyl (C=O) groups is 1. The van der Waals surface area contributed by atoms with Crippen molar-refractivity contribution in [2.75, 3.05) is 0 Å². The normalized spacial score (nSPS) is 33.7. The topological polar surface area (TPSA) is 106 Å². The molecule has 0 aliphatic heterocycles. The van der Waals surface area contributed by atoms with Crippen molar-refractivity contribution in [3.63, 3.8) is 0 Å². The highest BCUT2D eigenvalue weighted by molar-refractivity contribution is 5.72. The van der Waals surface area contributed by atoms with Gasteiger partial charge < -0.3 is 19.5 Å². The number of aliphatic hydroxyl groups is 2. The third kappa shape index (κ3) is 6.65. The van der Waals surface area contributed by atoms with Crippen molar-refractivity contribution >= 4 is 5.97 Å². The summed E-state index contributed by atoms with van der Waals surface area (Å²) in [5, 5.41) is 24.7. The number of fused-ring (bicyclic) bond motifs is 1. The Morgan fingerprint density at radius 1 is 1.16 bits per heavy atom. The van der Waals surface area contributed by atoms with Crippen molar-refractivity contribution in [3.8, 4) is 0 Å². The Balaban J connectivity index is 1.29. The van der Waals surface area contributed by atoms with E-state index in [0.29, 0.717) is 36.5 Å². The van der Waals surface area contributed by atoms with E-state index in [1.807, 2.05) is 13.8 Å². The standard InChI is InChI=1S/C37H56N2O5/c1-7-10-33-38-35(44-39-33)37(19-20-37)32(43-34(42)23(3)8-2)17-12-24(4)29-15-16-30-26(11-9-18-36(29,30)6)13-14-27-21-28(40)22-31(41)25(27)5/h13-14,23-24,28-32,40-41H,5,7-12,15-22H2,1-4,6H3/t23?,24-,28-,29-,30+,31+,32-,36-/m1/s1. The summed E-state index contributed by atoms with van der Waals surface area (Å²) in [5.41, 5.74) is 3.14. The van der Waals surface area contributed by atoms with Crippen molar-refractivity contribution < 1.29 is 24.3 Å². The monoisotopic (exact) mass is 608 g/mol. The van der Waals surface area contributed by atoms with Gasteiger partial charge in [0.1, 0.15) is 6.10 Å². The molecule has 1 unspecified atom stereocenters. The molecule has 0 aromatic carbocycles. The van der Waals surface area contributed by atoms with Gasteiger partial charge in [-0.2, -0.15) is 4.98 Å². The zero-order valence-electron chi connectivity index (χ0n) is 27.8. The number of hydrogen-bond acceptors (Lipinski definition) is 7. The van der Waals surface area contributed by atoms with Gasteiger partial charge in [0.05, 0.1) is 23.5 Å². The van der Waals surface area contributed by atoms with Crippen LogP contribution in [0.1, 0.15) is 130 Å². The fourth-order valence-corrected chi connectivity index (χ4v) is 8.76. The quantitative estimate of drug-likeness (QED) is 0.236. The molecule has 7 nitrogen and oxygen atoms in total. The van der Waals surface area contributed by atoms with E-state index in [1.165, 1.54) is 31.3 Å². The van der Waals surface area contributed by atoms with E-state index in [1.54, 1.807) is 0 Å². The first-order chi connectivity index (χ1) is 21.0. The number of allylic oxidation sites excluding steroid dienone is 3. The molecule has 0 spiro atoms. The molecule has 0 bridgehead atoms. The van der Waals surface area contributed by atoms with Crippen molar-refractivity contribution in [1.82, 2.24) is 10.1 Å². The Morgan fingerprint density at radius 2 is 1.93 bits per heavy atom. The molecule has 1 heterocycles. The van der Waals surface area contributed by atoms with Gasteiger partial charge in [0.15, 0.2) is 5.82 Å². The maximum Gasteiger partial charge on any atom is 0.308 e. The van der Waals surface area contributed by atoms with Crippen LogP contribution in [0.15, 0.2) is 40.0 Å². The second-order valence-electron chi connectivity index (χ2n) is 14.9. The first-order valence-electron chi connectivity index (χ1n) is 17.5. The summed E-state index contributed by atoms with van der Waals surface area (Å²) >= 11 is 0. The van der Waals surface area contributed by atoms with Crippen molar-refractivity contribution in [1.29, 1.82) is 0 Å². The number of ether oxygens (including phenoxy) is 1. The third-order valence-electron chi connectivity index (χ3n) is 11.9. The third-order valence-corrected chi connectivity index (χ3v) is 11.9. The number of hydrogen-bond donors (Lipinski definition) is 2. The molecule has 4 aliphatic carbocycles. The number of carbonyl (C=O) groups excluding carboxylic acids is 1. The van der Waals surface area contributed by atoms with Crippen LogP contribution in [0.2, 0.25) is 0 Å². The second kappa shape index (κ2) is 13.6. The largest absolute Gasteiger partial charge is 0.461 e. The summed E-state index contributed by atoms with van der Waals surface area (Å²) in [6.45, 7) is 15.1. The average Bonchev–Trinajstić information content (AvgIpc) is 3.52. The molecule has 4 aliphatic rings. The maximum absolute atomic E-state index is 13.1. The van der Waals surface area contributed by atoms with Crippen LogP contribution >= 0.6 is 0 Å². The second-order valence-corrected chi connectivity index (χ2v) is 14.9. The van der Waals surface area contributed by atoms with E-state index in [-0.39, 0.29) is 28.8 Å². The van der Waals surface area contributed by atoms with Crippen LogP contribution in [0.25, 0.3) is 0 Å². The summed E-state index contributed by atoms with van der Waals surface area (Å²) in [4.78, 5) is 17.8. The minimum Gasteiger partial charge on any atom is -0.461 e. The van der Waals surface area contributed by atoms with Gasteiger partial charge in [-0.15, -0.1) is 0 Å². The van der Waals surface area contributed by atoms with Gasteiger partial charge in [-0.1, -0.05) is 64.1 Å². The molecule has 2 N–H and O–H groups in total. The van der Waals surface area contributed by atoms with Crippen molar-refractivity contribution in [3.05, 3.63) is 47.2 Å². The van der Waals surface area contributed by atoms with Gasteiger partial charge >= 0.3 is 5.97 Å².